The van der Waals surface area contributed by atoms with Gasteiger partial charge in [-0.25, -0.2) is 13.4 Å². The highest BCUT2D eigenvalue weighted by atomic mass is 127. The Morgan fingerprint density at radius 3 is 2.29 bits per heavy atom. The zero-order valence-corrected chi connectivity index (χ0v) is 23.1. The Morgan fingerprint density at radius 1 is 1.06 bits per heavy atom. The summed E-state index contributed by atoms with van der Waals surface area (Å²) in [5.74, 6) is -1.81. The monoisotopic (exact) mass is 626 g/mol. The van der Waals surface area contributed by atoms with Gasteiger partial charge in [-0.2, -0.15) is 17.5 Å². The van der Waals surface area contributed by atoms with Crippen molar-refractivity contribution in [1.29, 1.82) is 0 Å². The summed E-state index contributed by atoms with van der Waals surface area (Å²) in [5, 5.41) is 0.959. The normalized spacial score (nSPS) is 18.8. The average Bonchev–Trinajstić information content (AvgIpc) is 2.73. The van der Waals surface area contributed by atoms with E-state index in [4.69, 9.17) is 4.99 Å². The number of anilines is 2. The number of benzene rings is 2. The van der Waals surface area contributed by atoms with Crippen molar-refractivity contribution in [2.45, 2.75) is 24.9 Å². The number of piperazine rings is 1. The highest BCUT2D eigenvalue weighted by molar-refractivity contribution is 14.2. The Bertz CT molecular complexity index is 1370. The quantitative estimate of drug-likeness (QED) is 0.369. The maximum absolute atomic E-state index is 12.7. The fraction of sp³-hybridized carbons (Fsp3) is 0.455. The summed E-state index contributed by atoms with van der Waals surface area (Å²) in [6.07, 6.45) is -4.74. The number of nitrogens with zero attached hydrogens (tertiary/aromatic N) is 4. The fourth-order valence-corrected chi connectivity index (χ4v) is 8.98. The second kappa shape index (κ2) is 9.25. The van der Waals surface area contributed by atoms with Crippen molar-refractivity contribution in [1.82, 2.24) is 4.31 Å². The van der Waals surface area contributed by atoms with E-state index in [9.17, 15) is 21.6 Å². The third-order valence-corrected chi connectivity index (χ3v) is 12.1. The Kier molecular flexibility index (Phi) is 6.99. The van der Waals surface area contributed by atoms with Crippen LogP contribution in [0.25, 0.3) is 0 Å². The van der Waals surface area contributed by atoms with Crippen LogP contribution in [-0.4, -0.2) is 64.9 Å². The van der Waals surface area contributed by atoms with Gasteiger partial charge in [-0.15, -0.1) is 0 Å². The van der Waals surface area contributed by atoms with Crippen molar-refractivity contribution in [3.63, 3.8) is 0 Å². The average molecular weight is 627 g/mol. The van der Waals surface area contributed by atoms with Crippen LogP contribution >= 0.6 is 28.9 Å². The van der Waals surface area contributed by atoms with Gasteiger partial charge in [-0.1, -0.05) is 7.66 Å². The van der Waals surface area contributed by atoms with Gasteiger partial charge < -0.3 is 9.80 Å². The molecular formula is C22H26F3IN4O2S2. The molecule has 34 heavy (non-hydrogen) atoms. The first kappa shape index (κ1) is 25.7. The molecule has 4 rings (SSSR count). The zero-order chi connectivity index (χ0) is 25.0. The van der Waals surface area contributed by atoms with E-state index < -0.39 is 22.0 Å². The van der Waals surface area contributed by atoms with Crippen LogP contribution in [0.3, 0.4) is 0 Å². The zero-order valence-electron chi connectivity index (χ0n) is 19.3. The number of sulfonamides is 1. The topological polar surface area (TPSA) is 56.2 Å². The number of rotatable bonds is 4. The predicted octanol–water partition coefficient (Wildman–Crippen LogP) is 4.58. The molecule has 0 aromatic heterocycles. The van der Waals surface area contributed by atoms with Gasteiger partial charge in [-0.05, 0) is 70.4 Å². The molecular weight excluding hydrogens is 600 g/mol. The second-order valence-electron chi connectivity index (χ2n) is 8.74. The van der Waals surface area contributed by atoms with Gasteiger partial charge in [0, 0.05) is 61.1 Å². The number of hydrogen-bond donors (Lipinski definition) is 0. The summed E-state index contributed by atoms with van der Waals surface area (Å²) < 4.78 is 64.3. The molecule has 0 amide bonds. The molecule has 2 aromatic carbocycles. The van der Waals surface area contributed by atoms with Gasteiger partial charge in [0.2, 0.25) is 10.0 Å². The van der Waals surface area contributed by atoms with E-state index in [-0.39, 0.29) is 20.7 Å². The van der Waals surface area contributed by atoms with E-state index in [1.165, 1.54) is 4.90 Å². The molecule has 2 aromatic rings. The molecule has 2 aliphatic heterocycles. The molecule has 12 heteroatoms. The van der Waals surface area contributed by atoms with Crippen LogP contribution in [-0.2, 0) is 10.0 Å². The maximum atomic E-state index is 12.7. The lowest BCUT2D eigenvalue weighted by molar-refractivity contribution is -0.107. The smallest absolute Gasteiger partial charge is 0.378 e. The van der Waals surface area contributed by atoms with Crippen molar-refractivity contribution in [2.24, 2.45) is 4.99 Å². The van der Waals surface area contributed by atoms with Crippen LogP contribution in [0.2, 0.25) is 0 Å². The highest BCUT2D eigenvalue weighted by Crippen LogP contribution is 2.47. The van der Waals surface area contributed by atoms with Crippen LogP contribution in [0.15, 0.2) is 34.2 Å². The molecule has 1 unspecified atom stereocenters. The van der Waals surface area contributed by atoms with Crippen molar-refractivity contribution < 1.29 is 21.6 Å². The van der Waals surface area contributed by atoms with Crippen molar-refractivity contribution in [3.05, 3.63) is 45.3 Å². The van der Waals surface area contributed by atoms with Crippen LogP contribution in [0.5, 0.6) is 0 Å². The van der Waals surface area contributed by atoms with Gasteiger partial charge in [0.1, 0.15) is 0 Å². The largest absolute Gasteiger partial charge is 0.404 e. The van der Waals surface area contributed by atoms with Gasteiger partial charge in [0.25, 0.3) is 0 Å². The molecule has 0 aliphatic carbocycles. The number of aryl methyl sites for hydroxylation is 2. The van der Waals surface area contributed by atoms with E-state index in [0.29, 0.717) is 13.1 Å². The maximum Gasteiger partial charge on any atom is 0.404 e. The van der Waals surface area contributed by atoms with E-state index in [2.05, 4.69) is 51.2 Å². The SMILES string of the molecule is Cc1cc(N(C)C)cc2c1N=c1c(C)cc(N3CCN(S(=O)(=O)CC(F)(F)F)CC3)cc1=S2I. The molecule has 0 spiro atoms. The van der Waals surface area contributed by atoms with E-state index in [1.54, 1.807) is 0 Å². The lowest BCUT2D eigenvalue weighted by atomic mass is 10.1. The molecule has 0 bridgehead atoms. The van der Waals surface area contributed by atoms with Crippen LogP contribution in [0, 0.1) is 18.4 Å². The van der Waals surface area contributed by atoms with E-state index in [0.717, 1.165) is 42.4 Å². The van der Waals surface area contributed by atoms with Crippen LogP contribution in [0.4, 0.5) is 30.2 Å². The molecule has 1 saturated heterocycles. The summed E-state index contributed by atoms with van der Waals surface area (Å²) in [5.41, 5.74) is 5.22. The minimum atomic E-state index is -4.74. The summed E-state index contributed by atoms with van der Waals surface area (Å²) in [6.45, 7) is 4.82. The lowest BCUT2D eigenvalue weighted by Crippen LogP contribution is -2.50. The van der Waals surface area contributed by atoms with Crippen molar-refractivity contribution in [2.75, 3.05) is 55.8 Å². The minimum absolute atomic E-state index is 0.0308. The lowest BCUT2D eigenvalue weighted by Gasteiger charge is -2.35. The first-order chi connectivity index (χ1) is 15.8. The van der Waals surface area contributed by atoms with E-state index in [1.807, 2.05) is 32.0 Å². The third kappa shape index (κ3) is 5.09. The molecule has 186 valence electrons. The number of hydrogen-bond acceptors (Lipinski definition) is 5. The van der Waals surface area contributed by atoms with Gasteiger partial charge in [0.15, 0.2) is 5.75 Å². The Hall–Kier alpha value is -1.38. The van der Waals surface area contributed by atoms with E-state index >= 15 is 0 Å². The summed E-state index contributed by atoms with van der Waals surface area (Å²) >= 11 is 2.46. The van der Waals surface area contributed by atoms with Gasteiger partial charge in [-0.3, -0.25) is 0 Å². The predicted molar refractivity (Wildman–Crippen MR) is 140 cm³/mol. The molecule has 6 nitrogen and oxygen atoms in total. The van der Waals surface area contributed by atoms with Crippen LogP contribution in [0.1, 0.15) is 11.1 Å². The molecule has 0 saturated carbocycles. The molecule has 2 heterocycles. The molecule has 0 N–H and O–H groups in total. The first-order valence-corrected chi connectivity index (χ1v) is 16.0. The number of halogens is 4. The second-order valence-corrected chi connectivity index (χ2v) is 14.7. The molecule has 0 radical (unpaired) electrons. The van der Waals surface area contributed by atoms with Crippen molar-refractivity contribution >= 4 is 55.9 Å². The Labute approximate surface area is 212 Å². The summed E-state index contributed by atoms with van der Waals surface area (Å²) in [6, 6.07) is 8.44. The first-order valence-electron chi connectivity index (χ1n) is 10.7. The number of alkyl halides is 3. The molecule has 2 aliphatic rings. The van der Waals surface area contributed by atoms with Gasteiger partial charge >= 0.3 is 6.18 Å². The number of fused-ring (bicyclic) bond motifs is 2. The Morgan fingerprint density at radius 2 is 1.71 bits per heavy atom. The third-order valence-electron chi connectivity index (χ3n) is 5.97. The molecule has 1 atom stereocenters. The molecule has 1 fully saturated rings. The van der Waals surface area contributed by atoms with Gasteiger partial charge in [0.05, 0.1) is 11.0 Å². The highest BCUT2D eigenvalue weighted by Gasteiger charge is 2.39. The fourth-order valence-electron chi connectivity index (χ4n) is 4.21. The summed E-state index contributed by atoms with van der Waals surface area (Å²) in [7, 11) is -0.585. The van der Waals surface area contributed by atoms with Crippen LogP contribution < -0.4 is 15.2 Å². The standard InChI is InChI=1S/C22H26F3IN4O2S2/c1-14-9-16(28(3)4)11-18-20(14)27-21-15(2)10-17(12-19(21)33(18)26)29-5-7-30(8-6-29)34(31,32)13-22(23,24)25/h9-12H,5-8,13H2,1-4H3. The summed E-state index contributed by atoms with van der Waals surface area (Å²) in [4.78, 5) is 10.3. The van der Waals surface area contributed by atoms with Crippen molar-refractivity contribution in [3.8, 4) is 0 Å². The minimum Gasteiger partial charge on any atom is -0.378 e. The Balaban J connectivity index is 1.67.